The van der Waals surface area contributed by atoms with E-state index in [2.05, 4.69) is 41.2 Å². The van der Waals surface area contributed by atoms with Crippen LogP contribution in [0.15, 0.2) is 12.0 Å². The number of thioether (sulfide) groups is 1. The van der Waals surface area contributed by atoms with Crippen LogP contribution in [0, 0.1) is 5.41 Å². The van der Waals surface area contributed by atoms with Gasteiger partial charge in [0.25, 0.3) is 0 Å². The van der Waals surface area contributed by atoms with Gasteiger partial charge in [0.2, 0.25) is 0 Å². The molecular formula is C11H22S. The first kappa shape index (κ1) is 12.1. The maximum Gasteiger partial charge on any atom is 0.0175 e. The summed E-state index contributed by atoms with van der Waals surface area (Å²) >= 11 is 1.87. The Morgan fingerprint density at radius 3 is 2.00 bits per heavy atom. The van der Waals surface area contributed by atoms with Gasteiger partial charge < -0.3 is 0 Å². The van der Waals surface area contributed by atoms with Gasteiger partial charge in [0.15, 0.2) is 0 Å². The first-order chi connectivity index (χ1) is 5.33. The van der Waals surface area contributed by atoms with E-state index in [9.17, 15) is 0 Å². The predicted molar refractivity (Wildman–Crippen MR) is 60.6 cm³/mol. The third-order valence-corrected chi connectivity index (χ3v) is 3.19. The molecule has 12 heavy (non-hydrogen) atoms. The smallest absolute Gasteiger partial charge is 0.0175 e. The number of hydrogen-bond acceptors (Lipinski definition) is 1. The van der Waals surface area contributed by atoms with Crippen molar-refractivity contribution in [2.45, 2.75) is 52.2 Å². The van der Waals surface area contributed by atoms with Crippen molar-refractivity contribution in [3.63, 3.8) is 0 Å². The topological polar surface area (TPSA) is 0 Å². The van der Waals surface area contributed by atoms with Crippen molar-refractivity contribution in [2.24, 2.45) is 5.41 Å². The summed E-state index contributed by atoms with van der Waals surface area (Å²) in [5.41, 5.74) is 0.417. The molecule has 0 saturated carbocycles. The molecule has 1 heteroatoms. The van der Waals surface area contributed by atoms with Crippen LogP contribution in [-0.2, 0) is 0 Å². The molecule has 0 aromatic rings. The van der Waals surface area contributed by atoms with Crippen LogP contribution in [0.25, 0.3) is 0 Å². The third kappa shape index (κ3) is 4.87. The molecule has 72 valence electrons. The van der Waals surface area contributed by atoms with Gasteiger partial charge in [-0.25, -0.2) is 0 Å². The molecule has 0 bridgehead atoms. The van der Waals surface area contributed by atoms with Gasteiger partial charge in [0.05, 0.1) is 0 Å². The lowest BCUT2D eigenvalue weighted by atomic mass is 9.84. The number of rotatable bonds is 4. The molecule has 0 aliphatic carbocycles. The average molecular weight is 186 g/mol. The fraction of sp³-hybridized carbons (Fsp3) is 0.818. The molecular weight excluding hydrogens is 164 g/mol. The summed E-state index contributed by atoms with van der Waals surface area (Å²) in [6, 6.07) is 0. The van der Waals surface area contributed by atoms with E-state index in [1.165, 1.54) is 12.8 Å². The van der Waals surface area contributed by atoms with E-state index in [0.717, 1.165) is 0 Å². The maximum atomic E-state index is 3.79. The molecule has 0 rings (SSSR count). The molecule has 0 aromatic heterocycles. The Kier molecular flexibility index (Phi) is 4.39. The molecule has 0 heterocycles. The van der Waals surface area contributed by atoms with Gasteiger partial charge in [-0.1, -0.05) is 41.2 Å². The molecule has 0 amide bonds. The van der Waals surface area contributed by atoms with Crippen LogP contribution in [0.3, 0.4) is 0 Å². The van der Waals surface area contributed by atoms with Crippen molar-refractivity contribution in [3.8, 4) is 0 Å². The Hall–Kier alpha value is 0.0900. The van der Waals surface area contributed by atoms with Crippen LogP contribution in [0.5, 0.6) is 0 Å². The highest BCUT2D eigenvalue weighted by molar-refractivity contribution is 8.03. The monoisotopic (exact) mass is 186 g/mol. The molecule has 0 N–H and O–H groups in total. The quantitative estimate of drug-likeness (QED) is 0.624. The van der Waals surface area contributed by atoms with E-state index in [1.807, 2.05) is 17.2 Å². The Balaban J connectivity index is 4.23. The fourth-order valence-electron chi connectivity index (χ4n) is 1.57. The Bertz CT molecular complexity index is 144. The molecule has 0 fully saturated rings. The molecule has 0 nitrogen and oxygen atoms in total. The van der Waals surface area contributed by atoms with Crippen molar-refractivity contribution in [1.82, 2.24) is 0 Å². The summed E-state index contributed by atoms with van der Waals surface area (Å²) in [6.07, 6.45) is 2.45. The highest BCUT2D eigenvalue weighted by Gasteiger charge is 2.27. The molecule has 0 radical (unpaired) electrons. The molecule has 0 aliphatic rings. The van der Waals surface area contributed by atoms with Crippen LogP contribution >= 0.6 is 11.8 Å². The standard InChI is InChI=1S/C11H22S/c1-7-11(6,12-8-2)9-10(3,4)5/h8H,2,7,9H2,1,3-6H3. The second-order valence-corrected chi connectivity index (χ2v) is 6.38. The first-order valence-corrected chi connectivity index (χ1v) is 5.50. The molecule has 0 aromatic carbocycles. The average Bonchev–Trinajstić information content (AvgIpc) is 1.84. The van der Waals surface area contributed by atoms with E-state index in [1.54, 1.807) is 0 Å². The van der Waals surface area contributed by atoms with Crippen LogP contribution in [-0.4, -0.2) is 4.75 Å². The van der Waals surface area contributed by atoms with Gasteiger partial charge in [0, 0.05) is 4.75 Å². The minimum Gasteiger partial charge on any atom is -0.128 e. The molecule has 0 aliphatic heterocycles. The summed E-state index contributed by atoms with van der Waals surface area (Å²) < 4.78 is 0.375. The fourth-order valence-corrected chi connectivity index (χ4v) is 2.66. The summed E-state index contributed by atoms with van der Waals surface area (Å²) in [6.45, 7) is 15.3. The zero-order chi connectivity index (χ0) is 9.83. The van der Waals surface area contributed by atoms with Crippen molar-refractivity contribution in [3.05, 3.63) is 12.0 Å². The van der Waals surface area contributed by atoms with E-state index in [4.69, 9.17) is 0 Å². The van der Waals surface area contributed by atoms with Gasteiger partial charge in [-0.3, -0.25) is 0 Å². The van der Waals surface area contributed by atoms with E-state index < -0.39 is 0 Å². The molecule has 0 saturated heterocycles. The Morgan fingerprint density at radius 2 is 1.75 bits per heavy atom. The summed E-state index contributed by atoms with van der Waals surface area (Å²) in [4.78, 5) is 0. The lowest BCUT2D eigenvalue weighted by molar-refractivity contribution is 0.325. The van der Waals surface area contributed by atoms with Gasteiger partial charge >= 0.3 is 0 Å². The van der Waals surface area contributed by atoms with Gasteiger partial charge in [0.1, 0.15) is 0 Å². The lowest BCUT2D eigenvalue weighted by Crippen LogP contribution is -2.25. The predicted octanol–water partition coefficient (Wildman–Crippen LogP) is 4.47. The zero-order valence-electron chi connectivity index (χ0n) is 9.11. The molecule has 0 spiro atoms. The first-order valence-electron chi connectivity index (χ1n) is 4.62. The van der Waals surface area contributed by atoms with Crippen LogP contribution in [0.2, 0.25) is 0 Å². The van der Waals surface area contributed by atoms with Crippen molar-refractivity contribution in [1.29, 1.82) is 0 Å². The maximum absolute atomic E-state index is 3.79. The second kappa shape index (κ2) is 4.36. The second-order valence-electron chi connectivity index (χ2n) is 4.83. The summed E-state index contributed by atoms with van der Waals surface area (Å²) in [7, 11) is 0. The SMILES string of the molecule is C=CSC(C)(CC)CC(C)(C)C. The highest BCUT2D eigenvalue weighted by atomic mass is 32.2. The van der Waals surface area contributed by atoms with Crippen LogP contribution < -0.4 is 0 Å². The normalized spacial score (nSPS) is 17.1. The Labute approximate surface area is 81.8 Å². The summed E-state index contributed by atoms with van der Waals surface area (Å²) in [5.74, 6) is 0. The lowest BCUT2D eigenvalue weighted by Gasteiger charge is -2.33. The van der Waals surface area contributed by atoms with Gasteiger partial charge in [-0.15, -0.1) is 11.8 Å². The zero-order valence-corrected chi connectivity index (χ0v) is 9.92. The molecule has 1 unspecified atom stereocenters. The van der Waals surface area contributed by atoms with E-state index in [-0.39, 0.29) is 0 Å². The van der Waals surface area contributed by atoms with Crippen molar-refractivity contribution in [2.75, 3.05) is 0 Å². The largest absolute Gasteiger partial charge is 0.128 e. The van der Waals surface area contributed by atoms with E-state index in [0.29, 0.717) is 10.2 Å². The minimum atomic E-state index is 0.375. The van der Waals surface area contributed by atoms with Crippen molar-refractivity contribution < 1.29 is 0 Å². The van der Waals surface area contributed by atoms with Gasteiger partial charge in [-0.05, 0) is 23.7 Å². The summed E-state index contributed by atoms with van der Waals surface area (Å²) in [5, 5.41) is 1.97. The third-order valence-electron chi connectivity index (χ3n) is 2.02. The number of hydrogen-bond donors (Lipinski definition) is 0. The minimum absolute atomic E-state index is 0.375. The van der Waals surface area contributed by atoms with Gasteiger partial charge in [-0.2, -0.15) is 0 Å². The van der Waals surface area contributed by atoms with Crippen molar-refractivity contribution >= 4 is 11.8 Å². The van der Waals surface area contributed by atoms with Crippen LogP contribution in [0.1, 0.15) is 47.5 Å². The van der Waals surface area contributed by atoms with E-state index >= 15 is 0 Å². The van der Waals surface area contributed by atoms with Crippen LogP contribution in [0.4, 0.5) is 0 Å². The molecule has 1 atom stereocenters. The Morgan fingerprint density at radius 1 is 1.25 bits per heavy atom. The highest BCUT2D eigenvalue weighted by Crippen LogP contribution is 2.39.